The number of rotatable bonds is 11. The minimum atomic E-state index is -0.904. The number of carbonyl (C=O) groups is 3. The highest BCUT2D eigenvalue weighted by Crippen LogP contribution is 2.69. The van der Waals surface area contributed by atoms with Crippen molar-refractivity contribution < 1.29 is 24.2 Å². The number of ether oxygens (including phenoxy) is 1. The van der Waals surface area contributed by atoms with E-state index in [1.165, 1.54) is 6.08 Å². The molecule has 3 unspecified atom stereocenters. The van der Waals surface area contributed by atoms with Gasteiger partial charge in [-0.15, -0.1) is 18.3 Å². The van der Waals surface area contributed by atoms with Crippen LogP contribution < -0.4 is 4.90 Å². The van der Waals surface area contributed by atoms with Crippen molar-refractivity contribution in [2.75, 3.05) is 24.7 Å². The van der Waals surface area contributed by atoms with Gasteiger partial charge in [0.25, 0.3) is 5.91 Å². The molecule has 3 heterocycles. The number of nitrogens with zero attached hydrogens (tertiary/aromatic N) is 2. The fourth-order valence-corrected chi connectivity index (χ4v) is 9.51. The lowest BCUT2D eigenvalue weighted by atomic mass is 9.66. The molecular formula is C32H35ClN2O5S. The number of fused-ring (bicyclic) bond motifs is 1. The number of thioether (sulfide) groups is 1. The van der Waals surface area contributed by atoms with Crippen LogP contribution in [-0.2, 0) is 25.5 Å². The van der Waals surface area contributed by atoms with E-state index < -0.39 is 34.6 Å². The third kappa shape index (κ3) is 5.00. The number of benzene rings is 2. The number of likely N-dealkylation sites (tertiary alicyclic amines) is 1. The maximum absolute atomic E-state index is 14.8. The van der Waals surface area contributed by atoms with Gasteiger partial charge in [-0.05, 0) is 48.6 Å². The lowest BCUT2D eigenvalue weighted by Gasteiger charge is -2.42. The summed E-state index contributed by atoms with van der Waals surface area (Å²) in [6.07, 6.45) is 4.21. The molecule has 7 atom stereocenters. The minimum absolute atomic E-state index is 0.0271. The molecule has 1 spiro atoms. The average Bonchev–Trinajstić information content (AvgIpc) is 3.57. The highest BCUT2D eigenvalue weighted by molar-refractivity contribution is 8.02. The molecule has 2 aromatic carbocycles. The van der Waals surface area contributed by atoms with Gasteiger partial charge in [-0.2, -0.15) is 0 Å². The van der Waals surface area contributed by atoms with Gasteiger partial charge in [-0.1, -0.05) is 67.6 Å². The maximum atomic E-state index is 14.8. The molecule has 0 aliphatic carbocycles. The molecule has 3 saturated heterocycles. The summed E-state index contributed by atoms with van der Waals surface area (Å²) in [6.45, 7) is 9.52. The van der Waals surface area contributed by atoms with Crippen LogP contribution in [0.15, 0.2) is 79.9 Å². The smallest absolute Gasteiger partial charge is 0.311 e. The van der Waals surface area contributed by atoms with Gasteiger partial charge in [0.05, 0.1) is 29.2 Å². The largest absolute Gasteiger partial charge is 0.461 e. The standard InChI is InChI=1S/C32H35ClN2O5S/c1-4-15-34(23-13-11-22(33)12-14-23)30(38)28-32-20(3)17-25(41-32)26(31(39)40-16-5-2)27(32)29(37)35(28)24(19-36)18-21-9-7-6-8-10-21/h4-14,20,24-28,36H,1-2,15-19H2,3H3/t20?,24-,25-,26+,27+,28?,32?/m1/s1. The van der Waals surface area contributed by atoms with E-state index in [0.29, 0.717) is 23.6 Å². The second-order valence-electron chi connectivity index (χ2n) is 11.0. The van der Waals surface area contributed by atoms with Crippen molar-refractivity contribution in [3.8, 4) is 0 Å². The monoisotopic (exact) mass is 594 g/mol. The first kappa shape index (κ1) is 29.4. The van der Waals surface area contributed by atoms with Crippen molar-refractivity contribution in [1.82, 2.24) is 4.90 Å². The van der Waals surface area contributed by atoms with Crippen molar-refractivity contribution >= 4 is 46.8 Å². The van der Waals surface area contributed by atoms with E-state index in [9.17, 15) is 19.5 Å². The number of amides is 2. The van der Waals surface area contributed by atoms with Gasteiger partial charge in [0.15, 0.2) is 0 Å². The number of esters is 1. The van der Waals surface area contributed by atoms with E-state index in [1.807, 2.05) is 30.3 Å². The fraction of sp³-hybridized carbons (Fsp3) is 0.406. The first-order valence-corrected chi connectivity index (χ1v) is 15.1. The maximum Gasteiger partial charge on any atom is 0.311 e. The van der Waals surface area contributed by atoms with Crippen LogP contribution in [0.4, 0.5) is 5.69 Å². The molecule has 3 aliphatic rings. The molecule has 9 heteroatoms. The van der Waals surface area contributed by atoms with Crippen molar-refractivity contribution in [3.05, 3.63) is 90.5 Å². The first-order valence-electron chi connectivity index (χ1n) is 13.9. The zero-order valence-corrected chi connectivity index (χ0v) is 24.6. The van der Waals surface area contributed by atoms with E-state index in [-0.39, 0.29) is 42.7 Å². The molecule has 2 aromatic rings. The topological polar surface area (TPSA) is 87.1 Å². The summed E-state index contributed by atoms with van der Waals surface area (Å²) in [7, 11) is 0. The Bertz CT molecular complexity index is 1320. The number of carbonyl (C=O) groups excluding carboxylic acids is 3. The van der Waals surface area contributed by atoms with Gasteiger partial charge < -0.3 is 19.6 Å². The van der Waals surface area contributed by atoms with Crippen molar-refractivity contribution in [1.29, 1.82) is 0 Å². The third-order valence-corrected chi connectivity index (χ3v) is 11.0. The van der Waals surface area contributed by atoms with Crippen LogP contribution in [0.5, 0.6) is 0 Å². The summed E-state index contributed by atoms with van der Waals surface area (Å²) in [5, 5.41) is 11.1. The zero-order valence-electron chi connectivity index (χ0n) is 23.0. The van der Waals surface area contributed by atoms with Crippen LogP contribution in [-0.4, -0.2) is 69.6 Å². The summed E-state index contributed by atoms with van der Waals surface area (Å²) < 4.78 is 4.63. The normalized spacial score (nSPS) is 28.7. The molecule has 0 saturated carbocycles. The Hall–Kier alpha value is -3.07. The van der Waals surface area contributed by atoms with E-state index in [2.05, 4.69) is 20.1 Å². The van der Waals surface area contributed by atoms with Crippen LogP contribution in [0.25, 0.3) is 0 Å². The van der Waals surface area contributed by atoms with E-state index >= 15 is 0 Å². The van der Waals surface area contributed by atoms with E-state index in [1.54, 1.807) is 51.9 Å². The molecule has 0 radical (unpaired) electrons. The quantitative estimate of drug-likeness (QED) is 0.304. The Kier molecular flexibility index (Phi) is 8.64. The molecule has 0 aromatic heterocycles. The molecule has 2 amide bonds. The van der Waals surface area contributed by atoms with Crippen molar-refractivity contribution in [3.63, 3.8) is 0 Å². The van der Waals surface area contributed by atoms with Gasteiger partial charge in [0, 0.05) is 22.5 Å². The molecule has 1 N–H and O–H groups in total. The summed E-state index contributed by atoms with van der Waals surface area (Å²) in [4.78, 5) is 45.9. The first-order chi connectivity index (χ1) is 19.8. The number of halogens is 1. The Morgan fingerprint density at radius 1 is 1.20 bits per heavy atom. The number of aliphatic hydroxyl groups excluding tert-OH is 1. The molecule has 41 heavy (non-hydrogen) atoms. The van der Waals surface area contributed by atoms with Crippen LogP contribution in [0.1, 0.15) is 18.9 Å². The second-order valence-corrected chi connectivity index (χ2v) is 12.9. The van der Waals surface area contributed by atoms with Crippen LogP contribution in [0, 0.1) is 17.8 Å². The zero-order chi connectivity index (χ0) is 29.3. The van der Waals surface area contributed by atoms with Gasteiger partial charge in [-0.3, -0.25) is 14.4 Å². The predicted molar refractivity (Wildman–Crippen MR) is 162 cm³/mol. The average molecular weight is 595 g/mol. The van der Waals surface area contributed by atoms with Gasteiger partial charge >= 0.3 is 5.97 Å². The van der Waals surface area contributed by atoms with Crippen LogP contribution in [0.2, 0.25) is 5.02 Å². The van der Waals surface area contributed by atoms with Crippen LogP contribution in [0.3, 0.4) is 0 Å². The Labute approximate surface area is 250 Å². The highest BCUT2D eigenvalue weighted by atomic mass is 35.5. The minimum Gasteiger partial charge on any atom is -0.461 e. The third-order valence-electron chi connectivity index (χ3n) is 8.67. The molecule has 5 rings (SSSR count). The van der Waals surface area contributed by atoms with Gasteiger partial charge in [-0.25, -0.2) is 0 Å². The molecule has 7 nitrogen and oxygen atoms in total. The summed E-state index contributed by atoms with van der Waals surface area (Å²) >= 11 is 7.72. The van der Waals surface area contributed by atoms with Gasteiger partial charge in [0.1, 0.15) is 12.6 Å². The number of aliphatic hydroxyl groups is 1. The van der Waals surface area contributed by atoms with Crippen LogP contribution >= 0.6 is 23.4 Å². The number of anilines is 1. The molecule has 216 valence electrons. The van der Waals surface area contributed by atoms with Crippen molar-refractivity contribution in [2.24, 2.45) is 17.8 Å². The van der Waals surface area contributed by atoms with E-state index in [4.69, 9.17) is 16.3 Å². The lowest BCUT2D eigenvalue weighted by molar-refractivity contribution is -0.154. The summed E-state index contributed by atoms with van der Waals surface area (Å²) in [5.41, 5.74) is 1.56. The predicted octanol–water partition coefficient (Wildman–Crippen LogP) is 4.53. The second kappa shape index (κ2) is 12.0. The summed E-state index contributed by atoms with van der Waals surface area (Å²) in [6, 6.07) is 15.0. The molecule has 3 fully saturated rings. The lowest BCUT2D eigenvalue weighted by Crippen LogP contribution is -2.59. The highest BCUT2D eigenvalue weighted by Gasteiger charge is 2.77. The van der Waals surface area contributed by atoms with Gasteiger partial charge in [0.2, 0.25) is 5.91 Å². The summed E-state index contributed by atoms with van der Waals surface area (Å²) in [5.74, 6) is -2.44. The Morgan fingerprint density at radius 2 is 1.90 bits per heavy atom. The Balaban J connectivity index is 1.62. The molecular weight excluding hydrogens is 560 g/mol. The molecule has 3 aliphatic heterocycles. The molecule has 2 bridgehead atoms. The Morgan fingerprint density at radius 3 is 2.54 bits per heavy atom. The SMILES string of the molecule is C=CCOC(=O)[C@@H]1[C@H]2C(=O)N([C@@H](CO)Cc3ccccc3)C(C(=O)N(CC=C)c3ccc(Cl)cc3)C23S[C@@H]1CC3C. The fourth-order valence-electron chi connectivity index (χ4n) is 7.00. The number of hydrogen-bond donors (Lipinski definition) is 1. The van der Waals surface area contributed by atoms with E-state index in [0.717, 1.165) is 5.56 Å². The number of hydrogen-bond acceptors (Lipinski definition) is 6. The van der Waals surface area contributed by atoms with Crippen molar-refractivity contribution in [2.45, 2.75) is 41.8 Å².